The fraction of sp³-hybridized carbons (Fsp3) is 0.409. The molecule has 31 heavy (non-hydrogen) atoms. The molecule has 0 saturated heterocycles. The molecule has 2 aromatic rings. The number of ether oxygens (including phenoxy) is 1. The first-order valence-corrected chi connectivity index (χ1v) is 10.9. The number of amides is 3. The lowest BCUT2D eigenvalue weighted by Gasteiger charge is -2.30. The molecule has 0 aliphatic carbocycles. The van der Waals surface area contributed by atoms with Gasteiger partial charge in [0.2, 0.25) is 5.91 Å². The number of benzene rings is 1. The molecule has 0 bridgehead atoms. The van der Waals surface area contributed by atoms with E-state index in [0.717, 1.165) is 10.4 Å². The minimum absolute atomic E-state index is 0.154. The van der Waals surface area contributed by atoms with Crippen molar-refractivity contribution >= 4 is 29.2 Å². The van der Waals surface area contributed by atoms with E-state index in [0.29, 0.717) is 6.54 Å². The van der Waals surface area contributed by atoms with Crippen molar-refractivity contribution in [1.29, 1.82) is 0 Å². The van der Waals surface area contributed by atoms with E-state index >= 15 is 0 Å². The molecular weight excluding hydrogens is 421 g/mol. The first kappa shape index (κ1) is 24.3. The van der Waals surface area contributed by atoms with E-state index < -0.39 is 12.0 Å². The van der Waals surface area contributed by atoms with Gasteiger partial charge in [0.15, 0.2) is 0 Å². The van der Waals surface area contributed by atoms with E-state index in [1.54, 1.807) is 37.8 Å². The highest BCUT2D eigenvalue weighted by molar-refractivity contribution is 7.09. The molecule has 168 valence electrons. The Morgan fingerprint density at radius 1 is 1.13 bits per heavy atom. The summed E-state index contributed by atoms with van der Waals surface area (Å²) in [5.74, 6) is -1.14. The Hall–Kier alpha value is -2.94. The molecule has 0 atom stereocenters. The zero-order valence-corrected chi connectivity index (χ0v) is 18.8. The highest BCUT2D eigenvalue weighted by Gasteiger charge is 2.24. The van der Waals surface area contributed by atoms with E-state index in [-0.39, 0.29) is 44.0 Å². The van der Waals surface area contributed by atoms with Gasteiger partial charge in [-0.05, 0) is 49.9 Å². The summed E-state index contributed by atoms with van der Waals surface area (Å²) in [6.45, 7) is 5.74. The standard InChI is InChI=1S/C22H28FN3O4S/c1-4-30-21(28)12-24-22(29)26(16(2)3)15-20(27)25(14-19-6-5-11-31-19)13-17-7-9-18(23)10-8-17/h5-11,16H,4,12-15H2,1-3H3,(H,24,29). The SMILES string of the molecule is CCOC(=O)CNC(=O)N(CC(=O)N(Cc1ccc(F)cc1)Cc1cccs1)C(C)C. The summed E-state index contributed by atoms with van der Waals surface area (Å²) in [5.41, 5.74) is 0.786. The molecule has 1 N–H and O–H groups in total. The highest BCUT2D eigenvalue weighted by atomic mass is 32.1. The van der Waals surface area contributed by atoms with Crippen molar-refractivity contribution in [1.82, 2.24) is 15.1 Å². The summed E-state index contributed by atoms with van der Waals surface area (Å²) in [6, 6.07) is 9.03. The van der Waals surface area contributed by atoms with Crippen LogP contribution in [0.4, 0.5) is 9.18 Å². The number of nitrogens with zero attached hydrogens (tertiary/aromatic N) is 2. The molecule has 0 radical (unpaired) electrons. The third kappa shape index (κ3) is 8.01. The average Bonchev–Trinajstić information content (AvgIpc) is 3.24. The van der Waals surface area contributed by atoms with E-state index in [1.807, 2.05) is 17.5 Å². The number of rotatable bonds is 10. The van der Waals surface area contributed by atoms with Gasteiger partial charge in [0.25, 0.3) is 0 Å². The zero-order chi connectivity index (χ0) is 22.8. The molecule has 0 saturated carbocycles. The van der Waals surface area contributed by atoms with Crippen LogP contribution in [0.2, 0.25) is 0 Å². The smallest absolute Gasteiger partial charge is 0.325 e. The van der Waals surface area contributed by atoms with Crippen molar-refractivity contribution in [2.24, 2.45) is 0 Å². The maximum Gasteiger partial charge on any atom is 0.325 e. The Labute approximate surface area is 185 Å². The second-order valence-corrected chi connectivity index (χ2v) is 8.17. The number of hydrogen-bond donors (Lipinski definition) is 1. The summed E-state index contributed by atoms with van der Waals surface area (Å²) in [7, 11) is 0. The normalized spacial score (nSPS) is 10.6. The number of carbonyl (C=O) groups is 3. The number of halogens is 1. The molecule has 2 rings (SSSR count). The Morgan fingerprint density at radius 2 is 1.84 bits per heavy atom. The number of carbonyl (C=O) groups excluding carboxylic acids is 3. The monoisotopic (exact) mass is 449 g/mol. The topological polar surface area (TPSA) is 79.0 Å². The van der Waals surface area contributed by atoms with Crippen LogP contribution in [0.1, 0.15) is 31.2 Å². The summed E-state index contributed by atoms with van der Waals surface area (Å²) < 4.78 is 18.1. The van der Waals surface area contributed by atoms with Crippen LogP contribution in [0.25, 0.3) is 0 Å². The first-order valence-electron chi connectivity index (χ1n) is 10.0. The van der Waals surface area contributed by atoms with Gasteiger partial charge in [-0.3, -0.25) is 9.59 Å². The van der Waals surface area contributed by atoms with Gasteiger partial charge in [0, 0.05) is 17.5 Å². The van der Waals surface area contributed by atoms with Gasteiger partial charge in [0.1, 0.15) is 18.9 Å². The van der Waals surface area contributed by atoms with Crippen molar-refractivity contribution in [2.45, 2.75) is 39.9 Å². The third-order valence-electron chi connectivity index (χ3n) is 4.45. The summed E-state index contributed by atoms with van der Waals surface area (Å²) in [4.78, 5) is 41.2. The number of urea groups is 1. The maximum atomic E-state index is 13.3. The number of hydrogen-bond acceptors (Lipinski definition) is 5. The van der Waals surface area contributed by atoms with Crippen LogP contribution >= 0.6 is 11.3 Å². The van der Waals surface area contributed by atoms with Crippen LogP contribution in [0.15, 0.2) is 41.8 Å². The number of nitrogens with one attached hydrogen (secondary N) is 1. The number of thiophene rings is 1. The molecule has 0 spiro atoms. The second kappa shape index (κ2) is 12.0. The van der Waals surface area contributed by atoms with Crippen molar-refractivity contribution in [3.63, 3.8) is 0 Å². The van der Waals surface area contributed by atoms with Gasteiger partial charge in [-0.25, -0.2) is 9.18 Å². The van der Waals surface area contributed by atoms with Crippen LogP contribution in [-0.2, 0) is 27.4 Å². The van der Waals surface area contributed by atoms with Crippen LogP contribution in [0.5, 0.6) is 0 Å². The number of esters is 1. The fourth-order valence-corrected chi connectivity index (χ4v) is 3.55. The summed E-state index contributed by atoms with van der Waals surface area (Å²) in [5, 5.41) is 4.43. The molecule has 7 nitrogen and oxygen atoms in total. The van der Waals surface area contributed by atoms with Crippen molar-refractivity contribution in [3.05, 3.63) is 58.0 Å². The average molecular weight is 450 g/mol. The van der Waals surface area contributed by atoms with Gasteiger partial charge in [-0.1, -0.05) is 18.2 Å². The zero-order valence-electron chi connectivity index (χ0n) is 18.0. The lowest BCUT2D eigenvalue weighted by molar-refractivity contribution is -0.141. The maximum absolute atomic E-state index is 13.3. The Balaban J connectivity index is 2.10. The van der Waals surface area contributed by atoms with Crippen LogP contribution in [0.3, 0.4) is 0 Å². The largest absolute Gasteiger partial charge is 0.465 e. The third-order valence-corrected chi connectivity index (χ3v) is 5.31. The molecule has 0 fully saturated rings. The quantitative estimate of drug-likeness (QED) is 0.564. The molecule has 1 heterocycles. The van der Waals surface area contributed by atoms with Gasteiger partial charge < -0.3 is 19.9 Å². The van der Waals surface area contributed by atoms with Gasteiger partial charge in [0.05, 0.1) is 13.2 Å². The molecular formula is C22H28FN3O4S. The van der Waals surface area contributed by atoms with Crippen LogP contribution in [0, 0.1) is 5.82 Å². The van der Waals surface area contributed by atoms with Gasteiger partial charge >= 0.3 is 12.0 Å². The predicted molar refractivity (Wildman–Crippen MR) is 117 cm³/mol. The Bertz CT molecular complexity index is 856. The lowest BCUT2D eigenvalue weighted by Crippen LogP contribution is -2.50. The minimum atomic E-state index is -0.540. The molecule has 1 aromatic heterocycles. The fourth-order valence-electron chi connectivity index (χ4n) is 2.83. The van der Waals surface area contributed by atoms with Crippen LogP contribution < -0.4 is 5.32 Å². The van der Waals surface area contributed by atoms with Crippen molar-refractivity contribution in [2.75, 3.05) is 19.7 Å². The van der Waals surface area contributed by atoms with E-state index in [2.05, 4.69) is 5.32 Å². The van der Waals surface area contributed by atoms with Gasteiger partial charge in [-0.2, -0.15) is 0 Å². The molecule has 0 aliphatic rings. The summed E-state index contributed by atoms with van der Waals surface area (Å²) >= 11 is 1.53. The first-order chi connectivity index (χ1) is 14.8. The Morgan fingerprint density at radius 3 is 2.42 bits per heavy atom. The van der Waals surface area contributed by atoms with Crippen LogP contribution in [-0.4, -0.2) is 53.4 Å². The molecule has 1 aromatic carbocycles. The van der Waals surface area contributed by atoms with Crippen molar-refractivity contribution in [3.8, 4) is 0 Å². The lowest BCUT2D eigenvalue weighted by atomic mass is 10.2. The minimum Gasteiger partial charge on any atom is -0.465 e. The highest BCUT2D eigenvalue weighted by Crippen LogP contribution is 2.16. The molecule has 0 aliphatic heterocycles. The second-order valence-electron chi connectivity index (χ2n) is 7.14. The molecule has 9 heteroatoms. The predicted octanol–water partition coefficient (Wildman–Crippen LogP) is 3.40. The Kier molecular flexibility index (Phi) is 9.45. The molecule has 3 amide bonds. The van der Waals surface area contributed by atoms with E-state index in [9.17, 15) is 18.8 Å². The molecule has 0 unspecified atom stereocenters. The van der Waals surface area contributed by atoms with E-state index in [1.165, 1.54) is 28.4 Å². The van der Waals surface area contributed by atoms with Gasteiger partial charge in [-0.15, -0.1) is 11.3 Å². The van der Waals surface area contributed by atoms with Crippen molar-refractivity contribution < 1.29 is 23.5 Å². The van der Waals surface area contributed by atoms with E-state index in [4.69, 9.17) is 4.74 Å². The summed E-state index contributed by atoms with van der Waals surface area (Å²) in [6.07, 6.45) is 0.